The van der Waals surface area contributed by atoms with Gasteiger partial charge < -0.3 is 5.73 Å². The first kappa shape index (κ1) is 7.47. The molecular weight excluding hydrogens is 122 g/mol. The van der Waals surface area contributed by atoms with Crippen LogP contribution in [0.15, 0.2) is 0 Å². The lowest BCUT2D eigenvalue weighted by molar-refractivity contribution is 0.337. The maximum atomic E-state index is 5.13. The smallest absolute Gasteiger partial charge is 0.0221 e. The zero-order valence-corrected chi connectivity index (χ0v) is 6.56. The quantitative estimate of drug-likeness (QED) is 0.399. The van der Waals surface area contributed by atoms with Crippen LogP contribution >= 0.6 is 0 Å². The Labute approximate surface area is 63.0 Å². The second-order valence-corrected chi connectivity index (χ2v) is 3.25. The van der Waals surface area contributed by atoms with E-state index in [1.54, 1.807) is 0 Å². The largest absolute Gasteiger partial charge is 0.359 e. The van der Waals surface area contributed by atoms with Crippen LogP contribution in [0, 0.1) is 23.8 Å². The van der Waals surface area contributed by atoms with Crippen molar-refractivity contribution >= 4 is 0 Å². The van der Waals surface area contributed by atoms with Gasteiger partial charge in [0.1, 0.15) is 0 Å². The predicted octanol–water partition coefficient (Wildman–Crippen LogP) is 1.73. The minimum atomic E-state index is 0.598. The van der Waals surface area contributed by atoms with Gasteiger partial charge in [-0.05, 0) is 31.6 Å². The first-order chi connectivity index (χ1) is 4.83. The summed E-state index contributed by atoms with van der Waals surface area (Å²) in [4.78, 5) is 0. The summed E-state index contributed by atoms with van der Waals surface area (Å²) in [6.07, 6.45) is 5.18. The van der Waals surface area contributed by atoms with Crippen molar-refractivity contribution in [2.24, 2.45) is 17.6 Å². The van der Waals surface area contributed by atoms with E-state index < -0.39 is 0 Å². The molecule has 1 aliphatic carbocycles. The first-order valence-corrected chi connectivity index (χ1v) is 4.04. The average molecular weight is 137 g/mol. The van der Waals surface area contributed by atoms with E-state index in [0.29, 0.717) is 5.92 Å². The summed E-state index contributed by atoms with van der Waals surface area (Å²) >= 11 is 0. The van der Waals surface area contributed by atoms with Gasteiger partial charge in [0.15, 0.2) is 0 Å². The summed E-state index contributed by atoms with van der Waals surface area (Å²) in [6, 6.07) is 2.50. The van der Waals surface area contributed by atoms with E-state index in [-0.39, 0.29) is 0 Å². The summed E-state index contributed by atoms with van der Waals surface area (Å²) in [5.41, 5.74) is 5.13. The Morgan fingerprint density at radius 3 is 2.30 bits per heavy atom. The molecule has 1 nitrogen and oxygen atoms in total. The Morgan fingerprint density at radius 2 is 1.80 bits per heavy atom. The van der Waals surface area contributed by atoms with Gasteiger partial charge in [-0.1, -0.05) is 12.8 Å². The van der Waals surface area contributed by atoms with Crippen LogP contribution in [0.3, 0.4) is 0 Å². The van der Waals surface area contributed by atoms with Crippen molar-refractivity contribution in [2.45, 2.75) is 32.6 Å². The molecule has 0 saturated heterocycles. The molecule has 1 aliphatic rings. The molecule has 0 aliphatic heterocycles. The van der Waals surface area contributed by atoms with E-state index in [2.05, 4.69) is 18.9 Å². The van der Waals surface area contributed by atoms with Gasteiger partial charge in [0.2, 0.25) is 0 Å². The van der Waals surface area contributed by atoms with Crippen molar-refractivity contribution in [3.8, 4) is 12.0 Å². The lowest BCUT2D eigenvalue weighted by Crippen LogP contribution is -2.10. The molecule has 0 heterocycles. The van der Waals surface area contributed by atoms with Crippen molar-refractivity contribution in [3.63, 3.8) is 0 Å². The Bertz CT molecular complexity index is 144. The number of nitrogens with two attached hydrogens (primary N) is 1. The van der Waals surface area contributed by atoms with Crippen LogP contribution < -0.4 is 5.73 Å². The molecule has 0 aromatic heterocycles. The number of hydrogen-bond donors (Lipinski definition) is 1. The van der Waals surface area contributed by atoms with Gasteiger partial charge in [-0.2, -0.15) is 0 Å². The van der Waals surface area contributed by atoms with Crippen LogP contribution in [-0.2, 0) is 0 Å². The highest BCUT2D eigenvalue weighted by molar-refractivity contribution is 5.01. The van der Waals surface area contributed by atoms with E-state index in [9.17, 15) is 0 Å². The molecule has 0 spiro atoms. The third-order valence-corrected chi connectivity index (χ3v) is 2.30. The Balaban J connectivity index is 2.30. The molecule has 0 amide bonds. The number of rotatable bonds is 0. The fourth-order valence-electron chi connectivity index (χ4n) is 1.52. The van der Waals surface area contributed by atoms with Crippen LogP contribution in [0.4, 0.5) is 0 Å². The van der Waals surface area contributed by atoms with Crippen molar-refractivity contribution in [1.82, 2.24) is 0 Å². The Hall–Kier alpha value is -0.640. The second kappa shape index (κ2) is 3.51. The van der Waals surface area contributed by atoms with Gasteiger partial charge in [-0.25, -0.2) is 0 Å². The fourth-order valence-corrected chi connectivity index (χ4v) is 1.52. The lowest BCUT2D eigenvalue weighted by atomic mass is 9.83. The Morgan fingerprint density at radius 1 is 1.20 bits per heavy atom. The van der Waals surface area contributed by atoms with Crippen LogP contribution in [0.1, 0.15) is 32.6 Å². The standard InChI is InChI=1S/C9H15N/c1-8-2-4-9(5-3-8)6-7-10/h8-9H,2-5,10H2,1H3. The van der Waals surface area contributed by atoms with Crippen molar-refractivity contribution in [3.05, 3.63) is 0 Å². The molecule has 0 atom stereocenters. The average Bonchev–Trinajstić information content (AvgIpc) is 1.95. The highest BCUT2D eigenvalue weighted by Crippen LogP contribution is 2.27. The molecule has 1 heteroatoms. The van der Waals surface area contributed by atoms with Gasteiger partial charge in [0, 0.05) is 12.0 Å². The molecule has 56 valence electrons. The summed E-state index contributed by atoms with van der Waals surface area (Å²) in [7, 11) is 0. The lowest BCUT2D eigenvalue weighted by Gasteiger charge is -2.21. The third kappa shape index (κ3) is 1.95. The summed E-state index contributed by atoms with van der Waals surface area (Å²) in [5.74, 6) is 4.54. The second-order valence-electron chi connectivity index (χ2n) is 3.25. The van der Waals surface area contributed by atoms with Crippen LogP contribution in [-0.4, -0.2) is 0 Å². The van der Waals surface area contributed by atoms with E-state index in [1.807, 2.05) is 0 Å². The molecule has 0 bridgehead atoms. The normalized spacial score (nSPS) is 32.5. The SMILES string of the molecule is CC1CCC(C#CN)CC1. The summed E-state index contributed by atoms with van der Waals surface area (Å²) in [5, 5.41) is 0. The predicted molar refractivity (Wildman–Crippen MR) is 43.1 cm³/mol. The highest BCUT2D eigenvalue weighted by Gasteiger charge is 2.15. The minimum absolute atomic E-state index is 0.598. The fraction of sp³-hybridized carbons (Fsp3) is 0.778. The summed E-state index contributed by atoms with van der Waals surface area (Å²) in [6.45, 7) is 2.31. The van der Waals surface area contributed by atoms with E-state index >= 15 is 0 Å². The van der Waals surface area contributed by atoms with E-state index in [1.165, 1.54) is 25.7 Å². The molecule has 0 radical (unpaired) electrons. The molecule has 2 N–H and O–H groups in total. The van der Waals surface area contributed by atoms with E-state index in [0.717, 1.165) is 5.92 Å². The molecule has 1 rings (SSSR count). The van der Waals surface area contributed by atoms with Crippen LogP contribution in [0.5, 0.6) is 0 Å². The van der Waals surface area contributed by atoms with Gasteiger partial charge >= 0.3 is 0 Å². The molecule has 0 unspecified atom stereocenters. The van der Waals surface area contributed by atoms with Crippen molar-refractivity contribution in [2.75, 3.05) is 0 Å². The molecular formula is C9H15N. The monoisotopic (exact) mass is 137 g/mol. The third-order valence-electron chi connectivity index (χ3n) is 2.30. The van der Waals surface area contributed by atoms with E-state index in [4.69, 9.17) is 5.73 Å². The van der Waals surface area contributed by atoms with Gasteiger partial charge in [-0.3, -0.25) is 0 Å². The molecule has 0 aromatic rings. The maximum absolute atomic E-state index is 5.13. The highest BCUT2D eigenvalue weighted by atomic mass is 14.5. The summed E-state index contributed by atoms with van der Waals surface area (Å²) < 4.78 is 0. The molecule has 1 saturated carbocycles. The van der Waals surface area contributed by atoms with Crippen LogP contribution in [0.2, 0.25) is 0 Å². The van der Waals surface area contributed by atoms with Crippen molar-refractivity contribution < 1.29 is 0 Å². The minimum Gasteiger partial charge on any atom is -0.359 e. The van der Waals surface area contributed by atoms with Gasteiger partial charge in [-0.15, -0.1) is 0 Å². The van der Waals surface area contributed by atoms with Crippen LogP contribution in [0.25, 0.3) is 0 Å². The maximum Gasteiger partial charge on any atom is 0.0221 e. The molecule has 1 fully saturated rings. The zero-order valence-electron chi connectivity index (χ0n) is 6.56. The molecule has 0 aromatic carbocycles. The van der Waals surface area contributed by atoms with Crippen molar-refractivity contribution in [1.29, 1.82) is 0 Å². The zero-order chi connectivity index (χ0) is 7.40. The molecule has 10 heavy (non-hydrogen) atoms. The number of hydrogen-bond acceptors (Lipinski definition) is 1. The van der Waals surface area contributed by atoms with Gasteiger partial charge in [0.05, 0.1) is 0 Å². The topological polar surface area (TPSA) is 26.0 Å². The Kier molecular flexibility index (Phi) is 2.62. The first-order valence-electron chi connectivity index (χ1n) is 4.04. The van der Waals surface area contributed by atoms with Gasteiger partial charge in [0.25, 0.3) is 0 Å².